The molecule has 6 nitrogen and oxygen atoms in total. The van der Waals surface area contributed by atoms with Crippen molar-refractivity contribution in [3.63, 3.8) is 0 Å². The molecule has 0 radical (unpaired) electrons. The van der Waals surface area contributed by atoms with E-state index < -0.39 is 11.7 Å². The summed E-state index contributed by atoms with van der Waals surface area (Å²) >= 11 is 0. The van der Waals surface area contributed by atoms with Crippen LogP contribution in [0.5, 0.6) is 5.75 Å². The van der Waals surface area contributed by atoms with Gasteiger partial charge in [-0.15, -0.1) is 0 Å². The quantitative estimate of drug-likeness (QED) is 0.790. The van der Waals surface area contributed by atoms with E-state index in [1.54, 1.807) is 24.3 Å². The molecule has 140 valence electrons. The molecule has 1 unspecified atom stereocenters. The number of alkyl carbamates (subject to hydrolysis) is 1. The van der Waals surface area contributed by atoms with Crippen LogP contribution in [0.1, 0.15) is 51.9 Å². The van der Waals surface area contributed by atoms with E-state index in [1.807, 2.05) is 41.5 Å². The number of hydrogen-bond acceptors (Lipinski definition) is 4. The average molecular weight is 350 g/mol. The van der Waals surface area contributed by atoms with E-state index in [1.165, 1.54) is 0 Å². The van der Waals surface area contributed by atoms with Gasteiger partial charge in [0.2, 0.25) is 0 Å². The van der Waals surface area contributed by atoms with Crippen molar-refractivity contribution in [1.82, 2.24) is 10.6 Å². The summed E-state index contributed by atoms with van der Waals surface area (Å²) in [5, 5.41) is 5.66. The van der Waals surface area contributed by atoms with Crippen LogP contribution >= 0.6 is 0 Å². The average Bonchev–Trinajstić information content (AvgIpc) is 2.49. The molecule has 0 heterocycles. The Morgan fingerprint density at radius 2 is 1.88 bits per heavy atom. The summed E-state index contributed by atoms with van der Waals surface area (Å²) in [4.78, 5) is 24.3. The maximum Gasteiger partial charge on any atom is 0.407 e. The maximum atomic E-state index is 12.3. The topological polar surface area (TPSA) is 76.7 Å². The number of benzene rings is 1. The SMILES string of the molecule is CCOc1cccc(C(=O)NCC(NC(=O)OC(C)(C)C)C(C)C)c1. The molecular formula is C19H30N2O4. The van der Waals surface area contributed by atoms with Gasteiger partial charge in [0, 0.05) is 12.1 Å². The minimum absolute atomic E-state index is 0.141. The lowest BCUT2D eigenvalue weighted by molar-refractivity contribution is 0.0487. The van der Waals surface area contributed by atoms with Crippen LogP contribution in [-0.2, 0) is 4.74 Å². The number of rotatable bonds is 7. The molecule has 0 saturated heterocycles. The minimum atomic E-state index is -0.561. The van der Waals surface area contributed by atoms with E-state index in [2.05, 4.69) is 10.6 Å². The number of carbonyl (C=O) groups excluding carboxylic acids is 2. The van der Waals surface area contributed by atoms with E-state index >= 15 is 0 Å². The number of nitrogens with one attached hydrogen (secondary N) is 2. The first-order valence-corrected chi connectivity index (χ1v) is 8.63. The second-order valence-corrected chi connectivity index (χ2v) is 7.17. The lowest BCUT2D eigenvalue weighted by Gasteiger charge is -2.26. The van der Waals surface area contributed by atoms with Gasteiger partial charge in [0.05, 0.1) is 12.6 Å². The summed E-state index contributed by atoms with van der Waals surface area (Å²) in [6.07, 6.45) is -0.487. The molecule has 6 heteroatoms. The van der Waals surface area contributed by atoms with Crippen molar-refractivity contribution in [1.29, 1.82) is 0 Å². The molecule has 0 aromatic heterocycles. The summed E-state index contributed by atoms with van der Waals surface area (Å²) in [6.45, 7) is 12.1. The lowest BCUT2D eigenvalue weighted by Crippen LogP contribution is -2.48. The van der Waals surface area contributed by atoms with Crippen LogP contribution in [0.3, 0.4) is 0 Å². The third kappa shape index (κ3) is 7.92. The fourth-order valence-corrected chi connectivity index (χ4v) is 2.11. The zero-order chi connectivity index (χ0) is 19.0. The first-order valence-electron chi connectivity index (χ1n) is 8.63. The van der Waals surface area contributed by atoms with Gasteiger partial charge >= 0.3 is 6.09 Å². The van der Waals surface area contributed by atoms with Gasteiger partial charge in [-0.1, -0.05) is 19.9 Å². The number of amides is 2. The van der Waals surface area contributed by atoms with Crippen LogP contribution in [0.2, 0.25) is 0 Å². The fourth-order valence-electron chi connectivity index (χ4n) is 2.11. The third-order valence-electron chi connectivity index (χ3n) is 3.40. The van der Waals surface area contributed by atoms with Crippen molar-refractivity contribution in [2.24, 2.45) is 5.92 Å². The van der Waals surface area contributed by atoms with E-state index in [0.29, 0.717) is 24.5 Å². The Labute approximate surface area is 150 Å². The van der Waals surface area contributed by atoms with Crippen LogP contribution in [0, 0.1) is 5.92 Å². The van der Waals surface area contributed by atoms with Crippen molar-refractivity contribution in [3.05, 3.63) is 29.8 Å². The van der Waals surface area contributed by atoms with Crippen molar-refractivity contribution in [2.45, 2.75) is 53.2 Å². The van der Waals surface area contributed by atoms with Gasteiger partial charge in [-0.3, -0.25) is 4.79 Å². The second-order valence-electron chi connectivity index (χ2n) is 7.17. The summed E-state index contributed by atoms with van der Waals surface area (Å²) < 4.78 is 10.7. The largest absolute Gasteiger partial charge is 0.494 e. The van der Waals surface area contributed by atoms with Crippen molar-refractivity contribution < 1.29 is 19.1 Å². The van der Waals surface area contributed by atoms with Gasteiger partial charge in [0.15, 0.2) is 0 Å². The monoisotopic (exact) mass is 350 g/mol. The Morgan fingerprint density at radius 1 is 1.20 bits per heavy atom. The zero-order valence-electron chi connectivity index (χ0n) is 16.0. The van der Waals surface area contributed by atoms with Crippen LogP contribution in [-0.4, -0.2) is 36.8 Å². The molecular weight excluding hydrogens is 320 g/mol. The molecule has 0 bridgehead atoms. The second kappa shape index (κ2) is 9.30. The predicted octanol–water partition coefficient (Wildman–Crippen LogP) is 3.36. The zero-order valence-corrected chi connectivity index (χ0v) is 16.0. The van der Waals surface area contributed by atoms with Gasteiger partial charge < -0.3 is 20.1 Å². The minimum Gasteiger partial charge on any atom is -0.494 e. The van der Waals surface area contributed by atoms with Gasteiger partial charge in [0.25, 0.3) is 5.91 Å². The molecule has 2 amide bonds. The molecule has 0 saturated carbocycles. The molecule has 1 aromatic carbocycles. The van der Waals surface area contributed by atoms with Crippen LogP contribution < -0.4 is 15.4 Å². The van der Waals surface area contributed by atoms with Gasteiger partial charge in [-0.2, -0.15) is 0 Å². The number of hydrogen-bond donors (Lipinski definition) is 2. The Morgan fingerprint density at radius 3 is 2.44 bits per heavy atom. The van der Waals surface area contributed by atoms with E-state index in [0.717, 1.165) is 0 Å². The van der Waals surface area contributed by atoms with Crippen molar-refractivity contribution in [3.8, 4) is 5.75 Å². The molecule has 0 spiro atoms. The maximum absolute atomic E-state index is 12.3. The highest BCUT2D eigenvalue weighted by Gasteiger charge is 2.22. The standard InChI is InChI=1S/C19H30N2O4/c1-7-24-15-10-8-9-14(11-15)17(22)20-12-16(13(2)3)21-18(23)25-19(4,5)6/h8-11,13,16H,7,12H2,1-6H3,(H,20,22)(H,21,23). The molecule has 0 aliphatic rings. The summed E-state index contributed by atoms with van der Waals surface area (Å²) in [6, 6.07) is 6.78. The highest BCUT2D eigenvalue weighted by molar-refractivity contribution is 5.94. The normalized spacial score (nSPS) is 12.4. The summed E-state index contributed by atoms with van der Waals surface area (Å²) in [7, 11) is 0. The molecule has 0 aliphatic carbocycles. The highest BCUT2D eigenvalue weighted by atomic mass is 16.6. The Balaban J connectivity index is 2.63. The smallest absolute Gasteiger partial charge is 0.407 e. The molecule has 1 aromatic rings. The Kier molecular flexibility index (Phi) is 7.74. The number of carbonyl (C=O) groups is 2. The molecule has 1 atom stereocenters. The van der Waals surface area contributed by atoms with Gasteiger partial charge in [-0.25, -0.2) is 4.79 Å². The summed E-state index contributed by atoms with van der Waals surface area (Å²) in [5.41, 5.74) is -0.0417. The van der Waals surface area contributed by atoms with Crippen molar-refractivity contribution >= 4 is 12.0 Å². The molecule has 0 aliphatic heterocycles. The van der Waals surface area contributed by atoms with E-state index in [9.17, 15) is 9.59 Å². The Bertz CT molecular complexity index is 579. The highest BCUT2D eigenvalue weighted by Crippen LogP contribution is 2.13. The number of ether oxygens (including phenoxy) is 2. The van der Waals surface area contributed by atoms with Crippen molar-refractivity contribution in [2.75, 3.05) is 13.2 Å². The van der Waals surface area contributed by atoms with E-state index in [-0.39, 0.29) is 17.9 Å². The predicted molar refractivity (Wildman–Crippen MR) is 97.9 cm³/mol. The molecule has 1 rings (SSSR count). The third-order valence-corrected chi connectivity index (χ3v) is 3.40. The molecule has 2 N–H and O–H groups in total. The molecule has 0 fully saturated rings. The van der Waals surface area contributed by atoms with Gasteiger partial charge in [0.1, 0.15) is 11.4 Å². The fraction of sp³-hybridized carbons (Fsp3) is 0.579. The first kappa shape index (κ1) is 20.8. The van der Waals surface area contributed by atoms with E-state index in [4.69, 9.17) is 9.47 Å². The Hall–Kier alpha value is -2.24. The van der Waals surface area contributed by atoms with Gasteiger partial charge in [-0.05, 0) is 51.8 Å². The van der Waals surface area contributed by atoms with Crippen LogP contribution in [0.15, 0.2) is 24.3 Å². The molecule has 25 heavy (non-hydrogen) atoms. The van der Waals surface area contributed by atoms with Crippen LogP contribution in [0.4, 0.5) is 4.79 Å². The van der Waals surface area contributed by atoms with Crippen LogP contribution in [0.25, 0.3) is 0 Å². The lowest BCUT2D eigenvalue weighted by atomic mass is 10.0. The summed E-state index contributed by atoms with van der Waals surface area (Å²) in [5.74, 6) is 0.586. The first-order chi connectivity index (χ1) is 11.6.